The predicted octanol–water partition coefficient (Wildman–Crippen LogP) is 5.47. The highest BCUT2D eigenvalue weighted by Crippen LogP contribution is 2.43. The maximum absolute atomic E-state index is 13.1. The topological polar surface area (TPSA) is 79.7 Å². The molecule has 0 saturated carbocycles. The molecule has 2 heterocycles. The van der Waals surface area contributed by atoms with Gasteiger partial charge in [-0.2, -0.15) is 0 Å². The molecule has 1 aliphatic rings. The first-order chi connectivity index (χ1) is 15.7. The number of anilines is 1. The Balaban J connectivity index is 1.85. The summed E-state index contributed by atoms with van der Waals surface area (Å²) in [6.45, 7) is 8.77. The van der Waals surface area contributed by atoms with Crippen molar-refractivity contribution in [3.63, 3.8) is 0 Å². The summed E-state index contributed by atoms with van der Waals surface area (Å²) in [6, 6.07) is 13.8. The molecule has 0 spiro atoms. The Kier molecular flexibility index (Phi) is 6.08. The molecule has 6 nitrogen and oxygen atoms in total. The summed E-state index contributed by atoms with van der Waals surface area (Å²) in [6.07, 6.45) is 1.59. The maximum Gasteiger partial charge on any atom is 0.301 e. The molecule has 1 aromatic heterocycles. The van der Waals surface area contributed by atoms with Crippen molar-refractivity contribution in [2.75, 3.05) is 11.5 Å². The lowest BCUT2D eigenvalue weighted by Gasteiger charge is -2.24. The van der Waals surface area contributed by atoms with Gasteiger partial charge in [0.05, 0.1) is 18.2 Å². The maximum atomic E-state index is 13.1. The minimum atomic E-state index is -0.781. The van der Waals surface area contributed by atoms with Crippen LogP contribution < -0.4 is 9.64 Å². The van der Waals surface area contributed by atoms with Gasteiger partial charge in [-0.05, 0) is 47.7 Å². The zero-order valence-corrected chi connectivity index (χ0v) is 19.8. The highest BCUT2D eigenvalue weighted by atomic mass is 32.1. The minimum absolute atomic E-state index is 0.0437. The first-order valence-corrected chi connectivity index (χ1v) is 11.6. The molecule has 0 radical (unpaired) electrons. The van der Waals surface area contributed by atoms with Crippen LogP contribution in [0.5, 0.6) is 5.75 Å². The van der Waals surface area contributed by atoms with E-state index < -0.39 is 17.7 Å². The fraction of sp³-hybridized carbons (Fsp3) is 0.269. The number of nitrogens with zero attached hydrogens (tertiary/aromatic N) is 2. The summed E-state index contributed by atoms with van der Waals surface area (Å²) in [4.78, 5) is 31.9. The van der Waals surface area contributed by atoms with Crippen molar-refractivity contribution in [2.24, 2.45) is 0 Å². The van der Waals surface area contributed by atoms with Crippen LogP contribution >= 0.6 is 11.3 Å². The van der Waals surface area contributed by atoms with Gasteiger partial charge in [0, 0.05) is 17.1 Å². The minimum Gasteiger partial charge on any atom is -0.507 e. The SMILES string of the molecule is CCOc1ccc(/C(O)=C2\C(=O)C(=O)N(c3nccs3)C2c2ccc(C(C)(C)C)cc2)cc1. The van der Waals surface area contributed by atoms with E-state index in [0.717, 1.165) is 11.1 Å². The van der Waals surface area contributed by atoms with Crippen molar-refractivity contribution in [3.05, 3.63) is 82.4 Å². The van der Waals surface area contributed by atoms with E-state index >= 15 is 0 Å². The van der Waals surface area contributed by atoms with E-state index in [0.29, 0.717) is 23.1 Å². The summed E-state index contributed by atoms with van der Waals surface area (Å²) < 4.78 is 5.47. The fourth-order valence-corrected chi connectivity index (χ4v) is 4.54. The Morgan fingerprint density at radius 2 is 1.76 bits per heavy atom. The molecule has 1 unspecified atom stereocenters. The number of carbonyl (C=O) groups is 2. The molecule has 33 heavy (non-hydrogen) atoms. The summed E-state index contributed by atoms with van der Waals surface area (Å²) >= 11 is 1.27. The number of thiazole rings is 1. The van der Waals surface area contributed by atoms with Crippen molar-refractivity contribution < 1.29 is 19.4 Å². The standard InChI is InChI=1S/C26H26N2O4S/c1-5-32-19-12-8-17(9-13-19)22(29)20-21(16-6-10-18(11-7-16)26(2,3)4)28(24(31)23(20)30)25-27-14-15-33-25/h6-15,21,29H,5H2,1-4H3/b22-20+. The summed E-state index contributed by atoms with van der Waals surface area (Å²) in [5, 5.41) is 13.3. The molecule has 1 saturated heterocycles. The molecule has 7 heteroatoms. The zero-order chi connectivity index (χ0) is 23.8. The van der Waals surface area contributed by atoms with Crippen LogP contribution in [0.15, 0.2) is 65.7 Å². The molecule has 1 amide bonds. The predicted molar refractivity (Wildman–Crippen MR) is 130 cm³/mol. The van der Waals surface area contributed by atoms with E-state index in [4.69, 9.17) is 4.74 Å². The number of aliphatic hydroxyl groups excluding tert-OH is 1. The molecule has 1 atom stereocenters. The van der Waals surface area contributed by atoms with Crippen LogP contribution in [0, 0.1) is 0 Å². The van der Waals surface area contributed by atoms with E-state index in [2.05, 4.69) is 25.8 Å². The molecular weight excluding hydrogens is 436 g/mol. The van der Waals surface area contributed by atoms with Crippen LogP contribution in [0.1, 0.15) is 50.4 Å². The number of rotatable bonds is 5. The number of ether oxygens (including phenoxy) is 1. The average molecular weight is 463 g/mol. The van der Waals surface area contributed by atoms with Gasteiger partial charge in [0.2, 0.25) is 0 Å². The van der Waals surface area contributed by atoms with Crippen LogP contribution in [-0.2, 0) is 15.0 Å². The van der Waals surface area contributed by atoms with Crippen molar-refractivity contribution >= 4 is 33.9 Å². The normalized spacial score (nSPS) is 18.1. The third kappa shape index (κ3) is 4.28. The molecule has 3 aromatic rings. The van der Waals surface area contributed by atoms with Crippen LogP contribution in [-0.4, -0.2) is 28.4 Å². The number of hydrogen-bond acceptors (Lipinski definition) is 6. The zero-order valence-electron chi connectivity index (χ0n) is 19.0. The number of amides is 1. The Hall–Kier alpha value is -3.45. The van der Waals surface area contributed by atoms with Crippen molar-refractivity contribution in [1.82, 2.24) is 4.98 Å². The van der Waals surface area contributed by atoms with Crippen LogP contribution in [0.3, 0.4) is 0 Å². The van der Waals surface area contributed by atoms with Gasteiger partial charge in [-0.25, -0.2) is 4.98 Å². The number of ketones is 1. The fourth-order valence-electron chi connectivity index (χ4n) is 3.88. The van der Waals surface area contributed by atoms with Crippen LogP contribution in [0.25, 0.3) is 5.76 Å². The van der Waals surface area contributed by atoms with Crippen molar-refractivity contribution in [1.29, 1.82) is 0 Å². The average Bonchev–Trinajstić information content (AvgIpc) is 3.40. The lowest BCUT2D eigenvalue weighted by atomic mass is 9.85. The molecule has 1 fully saturated rings. The van der Waals surface area contributed by atoms with E-state index in [1.807, 2.05) is 31.2 Å². The lowest BCUT2D eigenvalue weighted by molar-refractivity contribution is -0.132. The molecule has 4 rings (SSSR count). The first kappa shape index (κ1) is 22.7. The van der Waals surface area contributed by atoms with Gasteiger partial charge in [0.1, 0.15) is 11.5 Å². The van der Waals surface area contributed by atoms with E-state index in [1.54, 1.807) is 35.8 Å². The van der Waals surface area contributed by atoms with Gasteiger partial charge in [-0.1, -0.05) is 45.0 Å². The highest BCUT2D eigenvalue weighted by Gasteiger charge is 2.48. The van der Waals surface area contributed by atoms with Gasteiger partial charge in [-0.3, -0.25) is 14.5 Å². The largest absolute Gasteiger partial charge is 0.507 e. The molecule has 2 aromatic carbocycles. The first-order valence-electron chi connectivity index (χ1n) is 10.8. The van der Waals surface area contributed by atoms with Gasteiger partial charge < -0.3 is 9.84 Å². The summed E-state index contributed by atoms with van der Waals surface area (Å²) in [7, 11) is 0. The van der Waals surface area contributed by atoms with Gasteiger partial charge in [-0.15, -0.1) is 11.3 Å². The smallest absolute Gasteiger partial charge is 0.301 e. The van der Waals surface area contributed by atoms with E-state index in [-0.39, 0.29) is 16.7 Å². The number of aliphatic hydroxyl groups is 1. The summed E-state index contributed by atoms with van der Waals surface area (Å²) in [5.41, 5.74) is 2.29. The third-order valence-corrected chi connectivity index (χ3v) is 6.37. The molecule has 1 aliphatic heterocycles. The Bertz CT molecular complexity index is 1190. The highest BCUT2D eigenvalue weighted by molar-refractivity contribution is 7.14. The second kappa shape index (κ2) is 8.83. The number of aromatic nitrogens is 1. The molecule has 0 bridgehead atoms. The summed E-state index contributed by atoms with van der Waals surface area (Å²) in [5.74, 6) is -1.00. The second-order valence-corrected chi connectivity index (χ2v) is 9.69. The Morgan fingerprint density at radius 3 is 2.30 bits per heavy atom. The van der Waals surface area contributed by atoms with Crippen LogP contribution in [0.2, 0.25) is 0 Å². The van der Waals surface area contributed by atoms with Crippen LogP contribution in [0.4, 0.5) is 5.13 Å². The monoisotopic (exact) mass is 462 g/mol. The quantitative estimate of drug-likeness (QED) is 0.309. The van der Waals surface area contributed by atoms with E-state index in [1.165, 1.54) is 16.2 Å². The second-order valence-electron chi connectivity index (χ2n) is 8.81. The molecular formula is C26H26N2O4S. The Morgan fingerprint density at radius 1 is 1.09 bits per heavy atom. The van der Waals surface area contributed by atoms with Gasteiger partial charge in [0.15, 0.2) is 5.13 Å². The number of hydrogen-bond donors (Lipinski definition) is 1. The Labute approximate surface area is 197 Å². The molecule has 170 valence electrons. The molecule has 1 N–H and O–H groups in total. The number of benzene rings is 2. The lowest BCUT2D eigenvalue weighted by Crippen LogP contribution is -2.29. The third-order valence-electron chi connectivity index (χ3n) is 5.60. The number of carbonyl (C=O) groups excluding carboxylic acids is 2. The van der Waals surface area contributed by atoms with Gasteiger partial charge >= 0.3 is 5.91 Å². The van der Waals surface area contributed by atoms with Crippen molar-refractivity contribution in [3.8, 4) is 5.75 Å². The van der Waals surface area contributed by atoms with Crippen molar-refractivity contribution in [2.45, 2.75) is 39.2 Å². The van der Waals surface area contributed by atoms with Gasteiger partial charge in [0.25, 0.3) is 5.78 Å². The number of Topliss-reactive ketones (excluding diaryl/α,β-unsaturated/α-hetero) is 1. The van der Waals surface area contributed by atoms with E-state index in [9.17, 15) is 14.7 Å². The molecule has 0 aliphatic carbocycles.